The maximum Gasteiger partial charge on any atom is 0.252 e. The van der Waals surface area contributed by atoms with E-state index in [2.05, 4.69) is 329 Å². The maximum atomic E-state index is 2.65. The summed E-state index contributed by atoms with van der Waals surface area (Å²) < 4.78 is 4.95. The van der Waals surface area contributed by atoms with Crippen LogP contribution >= 0.6 is 0 Å². The largest absolute Gasteiger partial charge is 0.310 e. The molecule has 0 amide bonds. The first-order chi connectivity index (χ1) is 41.6. The summed E-state index contributed by atoms with van der Waals surface area (Å²) >= 11 is 0. The fourth-order valence-corrected chi connectivity index (χ4v) is 14.2. The predicted molar refractivity (Wildman–Crippen MR) is 356 cm³/mol. The van der Waals surface area contributed by atoms with E-state index in [-0.39, 0.29) is 6.71 Å². The molecule has 17 rings (SSSR count). The lowest BCUT2D eigenvalue weighted by Crippen LogP contribution is -2.61. The number of aryl methyl sites for hydroxylation is 1. The quantitative estimate of drug-likeness (QED) is 0.141. The molecule has 0 N–H and O–H groups in total. The molecule has 0 aliphatic carbocycles. The van der Waals surface area contributed by atoms with Gasteiger partial charge in [0.2, 0.25) is 0 Å². The van der Waals surface area contributed by atoms with Crippen molar-refractivity contribution >= 4 is 101 Å². The van der Waals surface area contributed by atoms with Crippen molar-refractivity contribution in [2.24, 2.45) is 0 Å². The van der Waals surface area contributed by atoms with Crippen LogP contribution in [0.25, 0.3) is 99.5 Å². The van der Waals surface area contributed by atoms with Gasteiger partial charge in [0, 0.05) is 77.9 Å². The van der Waals surface area contributed by atoms with Gasteiger partial charge in [-0.15, -0.1) is 0 Å². The van der Waals surface area contributed by atoms with Crippen molar-refractivity contribution in [3.63, 3.8) is 0 Å². The number of rotatable bonds is 8. The van der Waals surface area contributed by atoms with Gasteiger partial charge in [0.1, 0.15) is 0 Å². The van der Waals surface area contributed by atoms with E-state index >= 15 is 0 Å². The number of nitrogens with zero attached hydrogens (tertiary/aromatic N) is 4. The van der Waals surface area contributed by atoms with Crippen LogP contribution in [0.5, 0.6) is 0 Å². The summed E-state index contributed by atoms with van der Waals surface area (Å²) in [4.78, 5) is 5.30. The first kappa shape index (κ1) is 47.9. The second-order valence-electron chi connectivity index (χ2n) is 22.4. The third-order valence-corrected chi connectivity index (χ3v) is 17.7. The Hall–Kier alpha value is -10.9. The average molecular weight is 1070 g/mol. The number of anilines is 6. The van der Waals surface area contributed by atoms with E-state index < -0.39 is 0 Å². The highest BCUT2D eigenvalue weighted by Gasteiger charge is 2.45. The van der Waals surface area contributed by atoms with Crippen LogP contribution in [0.4, 0.5) is 34.1 Å². The summed E-state index contributed by atoms with van der Waals surface area (Å²) in [6.45, 7) is 2.12. The SMILES string of the molecule is Cc1cc2c3c(c1)N(c1c(-c4ccccc4)cccc1-c1ccccc1)c1cc(-n4c5ccccc5c5ccccc54)ccc1B3c1ccc(-n3c4ccccc4c4ccccc43)cc1N2c1c(-c2ccccc2)cccc1-c1ccccc1. The zero-order chi connectivity index (χ0) is 55.4. The summed E-state index contributed by atoms with van der Waals surface area (Å²) in [5.41, 5.74) is 27.9. The fraction of sp³-hybridized carbons (Fsp3) is 0.0127. The number of hydrogen-bond acceptors (Lipinski definition) is 2. The molecule has 13 aromatic carbocycles. The van der Waals surface area contributed by atoms with E-state index in [1.807, 2.05) is 0 Å². The third kappa shape index (κ3) is 7.28. The Morgan fingerprint density at radius 2 is 0.560 bits per heavy atom. The number of fused-ring (bicyclic) bond motifs is 10. The van der Waals surface area contributed by atoms with Crippen LogP contribution in [-0.4, -0.2) is 15.8 Å². The monoisotopic (exact) mass is 1070 g/mol. The normalized spacial score (nSPS) is 12.5. The second-order valence-corrected chi connectivity index (χ2v) is 22.4. The van der Waals surface area contributed by atoms with Gasteiger partial charge in [0.15, 0.2) is 0 Å². The summed E-state index contributed by atoms with van der Waals surface area (Å²) in [7, 11) is 0. The highest BCUT2D eigenvalue weighted by Crippen LogP contribution is 2.53. The first-order valence-electron chi connectivity index (χ1n) is 29.1. The van der Waals surface area contributed by atoms with E-state index in [0.29, 0.717) is 0 Å². The molecular weight excluding hydrogens is 1020 g/mol. The summed E-state index contributed by atoms with van der Waals surface area (Å²) in [5, 5.41) is 4.94. The first-order valence-corrected chi connectivity index (χ1v) is 29.1. The van der Waals surface area contributed by atoms with Crippen LogP contribution in [-0.2, 0) is 0 Å². The van der Waals surface area contributed by atoms with Gasteiger partial charge in [0.25, 0.3) is 6.71 Å². The molecular formula is C79H53BN4. The molecule has 4 heterocycles. The van der Waals surface area contributed by atoms with Gasteiger partial charge in [-0.1, -0.05) is 243 Å². The lowest BCUT2D eigenvalue weighted by molar-refractivity contribution is 1.16. The van der Waals surface area contributed by atoms with Crippen LogP contribution in [0.3, 0.4) is 0 Å². The third-order valence-electron chi connectivity index (χ3n) is 17.7. The molecule has 0 spiro atoms. The number of para-hydroxylation sites is 6. The van der Waals surface area contributed by atoms with Gasteiger partial charge in [-0.2, -0.15) is 0 Å². The Morgan fingerprint density at radius 1 is 0.262 bits per heavy atom. The molecule has 84 heavy (non-hydrogen) atoms. The van der Waals surface area contributed by atoms with Crippen LogP contribution in [0.15, 0.2) is 303 Å². The molecule has 0 fully saturated rings. The smallest absolute Gasteiger partial charge is 0.252 e. The highest BCUT2D eigenvalue weighted by molar-refractivity contribution is 7.00. The molecule has 0 saturated heterocycles. The summed E-state index contributed by atoms with van der Waals surface area (Å²) in [5.74, 6) is 0. The molecule has 392 valence electrons. The predicted octanol–water partition coefficient (Wildman–Crippen LogP) is 18.9. The summed E-state index contributed by atoms with van der Waals surface area (Å²) in [6, 6.07) is 113. The zero-order valence-electron chi connectivity index (χ0n) is 46.2. The molecule has 2 aromatic heterocycles. The van der Waals surface area contributed by atoms with Crippen molar-refractivity contribution < 1.29 is 0 Å². The molecule has 2 aliphatic heterocycles. The molecule has 0 unspecified atom stereocenters. The highest BCUT2D eigenvalue weighted by atomic mass is 15.2. The Balaban J connectivity index is 1.03. The molecule has 5 heteroatoms. The lowest BCUT2D eigenvalue weighted by atomic mass is 9.33. The molecule has 15 aromatic rings. The Morgan fingerprint density at radius 3 is 0.881 bits per heavy atom. The van der Waals surface area contributed by atoms with Crippen molar-refractivity contribution in [3.8, 4) is 55.9 Å². The number of aromatic nitrogens is 2. The van der Waals surface area contributed by atoms with E-state index in [0.717, 1.165) is 90.0 Å². The lowest BCUT2D eigenvalue weighted by Gasteiger charge is -2.46. The average Bonchev–Trinajstić information content (AvgIpc) is 1.90. The van der Waals surface area contributed by atoms with E-state index in [9.17, 15) is 0 Å². The van der Waals surface area contributed by atoms with Crippen LogP contribution in [0.2, 0.25) is 0 Å². The van der Waals surface area contributed by atoms with Crippen LogP contribution in [0.1, 0.15) is 5.56 Å². The van der Waals surface area contributed by atoms with Crippen molar-refractivity contribution in [2.45, 2.75) is 6.92 Å². The minimum Gasteiger partial charge on any atom is -0.310 e. The van der Waals surface area contributed by atoms with E-state index in [1.54, 1.807) is 0 Å². The Kier molecular flexibility index (Phi) is 10.9. The topological polar surface area (TPSA) is 16.3 Å². The van der Waals surface area contributed by atoms with Crippen LogP contribution < -0.4 is 26.2 Å². The van der Waals surface area contributed by atoms with Crippen molar-refractivity contribution in [2.75, 3.05) is 9.80 Å². The fourth-order valence-electron chi connectivity index (χ4n) is 14.2. The molecule has 0 bridgehead atoms. The van der Waals surface area contributed by atoms with Gasteiger partial charge in [-0.25, -0.2) is 0 Å². The molecule has 2 aliphatic rings. The van der Waals surface area contributed by atoms with Crippen molar-refractivity contribution in [1.82, 2.24) is 9.13 Å². The van der Waals surface area contributed by atoms with Gasteiger partial charge in [-0.3, -0.25) is 0 Å². The second kappa shape index (κ2) is 19.1. The van der Waals surface area contributed by atoms with Gasteiger partial charge in [-0.05, 0) is 112 Å². The van der Waals surface area contributed by atoms with Crippen molar-refractivity contribution in [1.29, 1.82) is 0 Å². The van der Waals surface area contributed by atoms with Gasteiger partial charge >= 0.3 is 0 Å². The standard InChI is InChI=1S/C79H53BN4/c1-52-48-75-77-76(49-52)84(79-61(55-28-10-4-11-29-55)38-23-39-62(79)56-30-12-5-13-31-56)74-51-58(82-71-42-20-16-34-65(71)66-35-17-21-43-72(66)82)45-47-68(74)80(77)67-46-44-57(81-69-40-18-14-32-63(69)64-33-15-19-41-70(64)81)50-73(67)83(75)78-59(53-24-6-2-7-25-53)36-22-37-60(78)54-26-8-3-9-27-54/h2-51H,1H3. The van der Waals surface area contributed by atoms with Gasteiger partial charge < -0.3 is 18.9 Å². The van der Waals surface area contributed by atoms with E-state index in [1.165, 1.54) is 65.6 Å². The number of hydrogen-bond donors (Lipinski definition) is 0. The molecule has 0 saturated carbocycles. The Bertz CT molecular complexity index is 4560. The zero-order valence-corrected chi connectivity index (χ0v) is 46.2. The molecule has 0 radical (unpaired) electrons. The molecule has 0 atom stereocenters. The number of benzene rings is 13. The Labute approximate surface area is 488 Å². The van der Waals surface area contributed by atoms with Crippen molar-refractivity contribution in [3.05, 3.63) is 309 Å². The maximum absolute atomic E-state index is 2.65. The van der Waals surface area contributed by atoms with Crippen LogP contribution in [0, 0.1) is 6.92 Å². The van der Waals surface area contributed by atoms with E-state index in [4.69, 9.17) is 0 Å². The molecule has 4 nitrogen and oxygen atoms in total. The minimum absolute atomic E-state index is 0.166. The van der Waals surface area contributed by atoms with Gasteiger partial charge in [0.05, 0.1) is 33.4 Å². The summed E-state index contributed by atoms with van der Waals surface area (Å²) in [6.07, 6.45) is 0. The minimum atomic E-state index is -0.166.